The Bertz CT molecular complexity index is 782. The third-order valence-electron chi connectivity index (χ3n) is 3.31. The van der Waals surface area contributed by atoms with E-state index in [0.717, 1.165) is 29.7 Å². The van der Waals surface area contributed by atoms with Gasteiger partial charge in [0, 0.05) is 24.3 Å². The Hall–Kier alpha value is -2.93. The summed E-state index contributed by atoms with van der Waals surface area (Å²) in [6.45, 7) is 0.772. The van der Waals surface area contributed by atoms with Crippen LogP contribution in [0.4, 0.5) is 5.82 Å². The highest BCUT2D eigenvalue weighted by molar-refractivity contribution is 5.81. The van der Waals surface area contributed by atoms with E-state index in [1.165, 1.54) is 5.56 Å². The standard InChI is InChI=1S/C17H14N4/c18-11-13-6-7-16(21-12-13)19-10-8-15-4-1-3-14-5-2-9-20-17(14)15/h1-7,9,12H,8,10H2,(H,19,21). The van der Waals surface area contributed by atoms with E-state index in [4.69, 9.17) is 5.26 Å². The topological polar surface area (TPSA) is 61.6 Å². The first-order valence-electron chi connectivity index (χ1n) is 6.79. The molecular weight excluding hydrogens is 260 g/mol. The molecule has 0 saturated carbocycles. The molecule has 21 heavy (non-hydrogen) atoms. The lowest BCUT2D eigenvalue weighted by atomic mass is 10.1. The van der Waals surface area contributed by atoms with E-state index in [-0.39, 0.29) is 0 Å². The minimum Gasteiger partial charge on any atom is -0.370 e. The second-order valence-corrected chi connectivity index (χ2v) is 4.71. The van der Waals surface area contributed by atoms with Crippen LogP contribution in [0, 0.1) is 11.3 Å². The minimum absolute atomic E-state index is 0.568. The van der Waals surface area contributed by atoms with Crippen molar-refractivity contribution in [1.82, 2.24) is 9.97 Å². The number of nitriles is 1. The van der Waals surface area contributed by atoms with Crippen LogP contribution in [0.25, 0.3) is 10.9 Å². The zero-order chi connectivity index (χ0) is 14.5. The van der Waals surface area contributed by atoms with Gasteiger partial charge in [-0.3, -0.25) is 4.98 Å². The van der Waals surface area contributed by atoms with Gasteiger partial charge in [-0.15, -0.1) is 0 Å². The first kappa shape index (κ1) is 13.1. The predicted octanol–water partition coefficient (Wildman–Crippen LogP) is 3.16. The second kappa shape index (κ2) is 6.02. The summed E-state index contributed by atoms with van der Waals surface area (Å²) >= 11 is 0. The molecule has 4 heteroatoms. The molecule has 102 valence electrons. The average molecular weight is 274 g/mol. The highest BCUT2D eigenvalue weighted by Crippen LogP contribution is 2.16. The van der Waals surface area contributed by atoms with E-state index in [9.17, 15) is 0 Å². The summed E-state index contributed by atoms with van der Waals surface area (Å²) in [6.07, 6.45) is 4.26. The van der Waals surface area contributed by atoms with E-state index >= 15 is 0 Å². The van der Waals surface area contributed by atoms with Crippen LogP contribution < -0.4 is 5.32 Å². The summed E-state index contributed by atoms with van der Waals surface area (Å²) in [5.41, 5.74) is 2.84. The number of hydrogen-bond acceptors (Lipinski definition) is 4. The Labute approximate surface area is 123 Å². The normalized spacial score (nSPS) is 10.2. The first-order valence-corrected chi connectivity index (χ1v) is 6.79. The number of rotatable bonds is 4. The monoisotopic (exact) mass is 274 g/mol. The van der Waals surface area contributed by atoms with Gasteiger partial charge in [-0.1, -0.05) is 24.3 Å². The first-order chi connectivity index (χ1) is 10.4. The van der Waals surface area contributed by atoms with Gasteiger partial charge >= 0.3 is 0 Å². The molecule has 0 aliphatic heterocycles. The lowest BCUT2D eigenvalue weighted by Gasteiger charge is -2.07. The number of fused-ring (bicyclic) bond motifs is 1. The molecule has 1 N–H and O–H groups in total. The van der Waals surface area contributed by atoms with Gasteiger partial charge in [0.05, 0.1) is 11.1 Å². The van der Waals surface area contributed by atoms with Gasteiger partial charge in [0.15, 0.2) is 0 Å². The van der Waals surface area contributed by atoms with Crippen LogP contribution in [-0.4, -0.2) is 16.5 Å². The summed E-state index contributed by atoms with van der Waals surface area (Å²) in [7, 11) is 0. The van der Waals surface area contributed by atoms with Crippen molar-refractivity contribution in [3.8, 4) is 6.07 Å². The van der Waals surface area contributed by atoms with Crippen molar-refractivity contribution in [2.24, 2.45) is 0 Å². The van der Waals surface area contributed by atoms with Gasteiger partial charge in [-0.2, -0.15) is 5.26 Å². The van der Waals surface area contributed by atoms with Crippen molar-refractivity contribution >= 4 is 16.7 Å². The molecule has 3 rings (SSSR count). The number of anilines is 1. The lowest BCUT2D eigenvalue weighted by Crippen LogP contribution is -2.06. The van der Waals surface area contributed by atoms with Crippen molar-refractivity contribution in [3.05, 3.63) is 66.0 Å². The van der Waals surface area contributed by atoms with E-state index in [1.54, 1.807) is 12.3 Å². The maximum atomic E-state index is 8.74. The fourth-order valence-corrected chi connectivity index (χ4v) is 2.26. The van der Waals surface area contributed by atoms with Gasteiger partial charge in [-0.05, 0) is 30.2 Å². The van der Waals surface area contributed by atoms with Gasteiger partial charge in [0.25, 0.3) is 0 Å². The molecule has 0 fully saturated rings. The summed E-state index contributed by atoms with van der Waals surface area (Å²) in [5.74, 6) is 0.780. The molecule has 0 bridgehead atoms. The number of nitrogens with zero attached hydrogens (tertiary/aromatic N) is 3. The number of pyridine rings is 2. The molecule has 4 nitrogen and oxygen atoms in total. The number of aromatic nitrogens is 2. The van der Waals surface area contributed by atoms with Gasteiger partial charge < -0.3 is 5.32 Å². The van der Waals surface area contributed by atoms with E-state index in [1.807, 2.05) is 18.3 Å². The molecule has 0 amide bonds. The molecule has 0 spiro atoms. The Balaban J connectivity index is 1.68. The molecule has 0 atom stereocenters. The van der Waals surface area contributed by atoms with Crippen LogP contribution in [0.5, 0.6) is 0 Å². The zero-order valence-electron chi connectivity index (χ0n) is 11.5. The Kier molecular flexibility index (Phi) is 3.74. The van der Waals surface area contributed by atoms with Gasteiger partial charge in [0.1, 0.15) is 11.9 Å². The fourth-order valence-electron chi connectivity index (χ4n) is 2.26. The van der Waals surface area contributed by atoms with Crippen LogP contribution in [-0.2, 0) is 6.42 Å². The average Bonchev–Trinajstić information content (AvgIpc) is 2.56. The van der Waals surface area contributed by atoms with Crippen LogP contribution in [0.2, 0.25) is 0 Å². The van der Waals surface area contributed by atoms with Crippen LogP contribution >= 0.6 is 0 Å². The van der Waals surface area contributed by atoms with Crippen molar-refractivity contribution in [1.29, 1.82) is 5.26 Å². The Morgan fingerprint density at radius 3 is 2.76 bits per heavy atom. The molecule has 0 aliphatic carbocycles. The zero-order valence-corrected chi connectivity index (χ0v) is 11.5. The molecule has 2 aromatic heterocycles. The summed E-state index contributed by atoms with van der Waals surface area (Å²) in [4.78, 5) is 8.64. The molecular formula is C17H14N4. The lowest BCUT2D eigenvalue weighted by molar-refractivity contribution is 1.01. The molecule has 1 aromatic carbocycles. The third-order valence-corrected chi connectivity index (χ3v) is 3.31. The Morgan fingerprint density at radius 2 is 1.95 bits per heavy atom. The van der Waals surface area contributed by atoms with Crippen LogP contribution in [0.1, 0.15) is 11.1 Å². The number of benzene rings is 1. The summed E-state index contributed by atoms with van der Waals surface area (Å²) < 4.78 is 0. The number of nitrogens with one attached hydrogen (secondary N) is 1. The van der Waals surface area contributed by atoms with E-state index in [0.29, 0.717) is 5.56 Å². The van der Waals surface area contributed by atoms with Gasteiger partial charge in [0.2, 0.25) is 0 Å². The highest BCUT2D eigenvalue weighted by Gasteiger charge is 2.02. The van der Waals surface area contributed by atoms with Crippen molar-refractivity contribution < 1.29 is 0 Å². The molecule has 3 aromatic rings. The number of para-hydroxylation sites is 1. The molecule has 0 saturated heterocycles. The summed E-state index contributed by atoms with van der Waals surface area (Å²) in [6, 6.07) is 15.9. The number of hydrogen-bond donors (Lipinski definition) is 1. The highest BCUT2D eigenvalue weighted by atomic mass is 15.0. The maximum absolute atomic E-state index is 8.74. The smallest absolute Gasteiger partial charge is 0.125 e. The van der Waals surface area contributed by atoms with Crippen molar-refractivity contribution in [2.75, 3.05) is 11.9 Å². The molecule has 0 aliphatic rings. The maximum Gasteiger partial charge on any atom is 0.125 e. The second-order valence-electron chi connectivity index (χ2n) is 4.71. The largest absolute Gasteiger partial charge is 0.370 e. The minimum atomic E-state index is 0.568. The van der Waals surface area contributed by atoms with Crippen LogP contribution in [0.15, 0.2) is 54.9 Å². The molecule has 0 radical (unpaired) electrons. The van der Waals surface area contributed by atoms with E-state index < -0.39 is 0 Å². The van der Waals surface area contributed by atoms with Crippen LogP contribution in [0.3, 0.4) is 0 Å². The Morgan fingerprint density at radius 1 is 1.05 bits per heavy atom. The van der Waals surface area contributed by atoms with Gasteiger partial charge in [-0.25, -0.2) is 4.98 Å². The summed E-state index contributed by atoms with van der Waals surface area (Å²) in [5, 5.41) is 13.2. The molecule has 0 unspecified atom stereocenters. The SMILES string of the molecule is N#Cc1ccc(NCCc2cccc3cccnc23)nc1. The van der Waals surface area contributed by atoms with Crippen molar-refractivity contribution in [3.63, 3.8) is 0 Å². The van der Waals surface area contributed by atoms with Crippen molar-refractivity contribution in [2.45, 2.75) is 6.42 Å². The quantitative estimate of drug-likeness (QED) is 0.793. The molecule has 2 heterocycles. The third kappa shape index (κ3) is 2.98. The predicted molar refractivity (Wildman–Crippen MR) is 82.9 cm³/mol. The fraction of sp³-hybridized carbons (Fsp3) is 0.118. The van der Waals surface area contributed by atoms with E-state index in [2.05, 4.69) is 45.6 Å².